The number of hydrogen-bond acceptors (Lipinski definition) is 3. The minimum atomic E-state index is -4.80. The SMILES string of the molecule is CC1(CN)CCN(S(=O)(=O)c2ccc(Cl)cc2C(F)(F)F)C1. The highest BCUT2D eigenvalue weighted by molar-refractivity contribution is 7.89. The lowest BCUT2D eigenvalue weighted by Gasteiger charge is -2.23. The van der Waals surface area contributed by atoms with Crippen LogP contribution in [0, 0.1) is 5.41 Å². The van der Waals surface area contributed by atoms with Gasteiger partial charge < -0.3 is 5.73 Å². The zero-order valence-electron chi connectivity index (χ0n) is 11.8. The van der Waals surface area contributed by atoms with Crippen molar-refractivity contribution < 1.29 is 21.6 Å². The van der Waals surface area contributed by atoms with Crippen molar-refractivity contribution in [3.05, 3.63) is 28.8 Å². The number of hydrogen-bond donors (Lipinski definition) is 1. The summed E-state index contributed by atoms with van der Waals surface area (Å²) in [6.07, 6.45) is -4.29. The van der Waals surface area contributed by atoms with E-state index in [9.17, 15) is 21.6 Å². The first-order valence-corrected chi connectivity index (χ1v) is 8.38. The van der Waals surface area contributed by atoms with Gasteiger partial charge in [0.2, 0.25) is 10.0 Å². The summed E-state index contributed by atoms with van der Waals surface area (Å²) in [5.74, 6) is 0. The minimum absolute atomic E-state index is 0.103. The Bertz CT molecular complexity index is 678. The standard InChI is InChI=1S/C13H16ClF3N2O2S/c1-12(7-18)4-5-19(8-12)22(20,21)11-3-2-9(14)6-10(11)13(15,16)17/h2-3,6H,4-5,7-8,18H2,1H3. The molecule has 124 valence electrons. The molecule has 1 fully saturated rings. The monoisotopic (exact) mass is 356 g/mol. The summed E-state index contributed by atoms with van der Waals surface area (Å²) < 4.78 is 65.5. The summed E-state index contributed by atoms with van der Waals surface area (Å²) in [5.41, 5.74) is 3.94. The van der Waals surface area contributed by atoms with Crippen LogP contribution in [0.25, 0.3) is 0 Å². The maximum absolute atomic E-state index is 13.1. The van der Waals surface area contributed by atoms with E-state index in [1.807, 2.05) is 6.92 Å². The summed E-state index contributed by atoms with van der Waals surface area (Å²) in [7, 11) is -4.25. The summed E-state index contributed by atoms with van der Waals surface area (Å²) in [5, 5.41) is -0.167. The van der Waals surface area contributed by atoms with E-state index in [1.54, 1.807) is 0 Å². The Balaban J connectivity index is 2.48. The number of halogens is 4. The van der Waals surface area contributed by atoms with Crippen LogP contribution in [0.1, 0.15) is 18.9 Å². The van der Waals surface area contributed by atoms with Crippen molar-refractivity contribution in [3.63, 3.8) is 0 Å². The van der Waals surface area contributed by atoms with Crippen molar-refractivity contribution in [2.24, 2.45) is 11.1 Å². The van der Waals surface area contributed by atoms with E-state index >= 15 is 0 Å². The first kappa shape index (κ1) is 17.5. The van der Waals surface area contributed by atoms with Crippen LogP contribution in [0.15, 0.2) is 23.1 Å². The molecule has 2 rings (SSSR count). The topological polar surface area (TPSA) is 63.4 Å². The Morgan fingerprint density at radius 3 is 2.55 bits per heavy atom. The number of nitrogens with zero attached hydrogens (tertiary/aromatic N) is 1. The van der Waals surface area contributed by atoms with Crippen LogP contribution in [0.2, 0.25) is 5.02 Å². The summed E-state index contributed by atoms with van der Waals surface area (Å²) in [4.78, 5) is -0.773. The maximum Gasteiger partial charge on any atom is 0.417 e. The highest BCUT2D eigenvalue weighted by Gasteiger charge is 2.43. The van der Waals surface area contributed by atoms with Gasteiger partial charge in [0.25, 0.3) is 0 Å². The van der Waals surface area contributed by atoms with Crippen LogP contribution in [-0.4, -0.2) is 32.4 Å². The summed E-state index contributed by atoms with van der Waals surface area (Å²) >= 11 is 5.58. The molecular weight excluding hydrogens is 341 g/mol. The molecule has 22 heavy (non-hydrogen) atoms. The van der Waals surface area contributed by atoms with Crippen molar-refractivity contribution in [2.45, 2.75) is 24.4 Å². The van der Waals surface area contributed by atoms with Gasteiger partial charge in [-0.05, 0) is 36.6 Å². The number of nitrogens with two attached hydrogens (primary N) is 1. The van der Waals surface area contributed by atoms with Crippen LogP contribution in [0.5, 0.6) is 0 Å². The Labute approximate surface area is 132 Å². The van der Waals surface area contributed by atoms with E-state index in [4.69, 9.17) is 17.3 Å². The summed E-state index contributed by atoms with van der Waals surface area (Å²) in [6.45, 7) is 2.34. The minimum Gasteiger partial charge on any atom is -0.330 e. The molecule has 1 aliphatic heterocycles. The number of benzene rings is 1. The average Bonchev–Trinajstić information content (AvgIpc) is 2.81. The highest BCUT2D eigenvalue weighted by atomic mass is 35.5. The molecule has 1 atom stereocenters. The van der Waals surface area contributed by atoms with E-state index in [-0.39, 0.29) is 24.7 Å². The fraction of sp³-hybridized carbons (Fsp3) is 0.538. The van der Waals surface area contributed by atoms with Crippen molar-refractivity contribution in [1.29, 1.82) is 0 Å². The quantitative estimate of drug-likeness (QED) is 0.905. The fourth-order valence-electron chi connectivity index (χ4n) is 2.44. The molecule has 0 spiro atoms. The molecule has 0 bridgehead atoms. The van der Waals surface area contributed by atoms with Crippen LogP contribution < -0.4 is 5.73 Å². The van der Waals surface area contributed by atoms with Crippen LogP contribution in [-0.2, 0) is 16.2 Å². The second kappa shape index (κ2) is 5.67. The lowest BCUT2D eigenvalue weighted by Crippen LogP contribution is -2.35. The smallest absolute Gasteiger partial charge is 0.330 e. The molecule has 2 N–H and O–H groups in total. The second-order valence-corrected chi connectivity index (χ2v) is 8.08. The molecule has 9 heteroatoms. The van der Waals surface area contributed by atoms with E-state index in [0.717, 1.165) is 16.4 Å². The largest absolute Gasteiger partial charge is 0.417 e. The molecule has 0 amide bonds. The zero-order valence-corrected chi connectivity index (χ0v) is 13.4. The number of sulfonamides is 1. The third-order valence-electron chi connectivity index (χ3n) is 3.88. The normalized spacial score (nSPS) is 23.9. The van der Waals surface area contributed by atoms with E-state index in [2.05, 4.69) is 0 Å². The first-order valence-electron chi connectivity index (χ1n) is 6.57. The molecule has 1 aromatic carbocycles. The van der Waals surface area contributed by atoms with Crippen molar-refractivity contribution >= 4 is 21.6 Å². The van der Waals surface area contributed by atoms with Crippen molar-refractivity contribution in [3.8, 4) is 0 Å². The molecule has 1 aliphatic rings. The Hall–Kier alpha value is -0.830. The predicted octanol–water partition coefficient (Wildman–Crippen LogP) is 2.72. The van der Waals surface area contributed by atoms with Gasteiger partial charge in [-0.3, -0.25) is 0 Å². The van der Waals surface area contributed by atoms with Crippen LogP contribution >= 0.6 is 11.6 Å². The summed E-state index contributed by atoms with van der Waals surface area (Å²) in [6, 6.07) is 2.67. The zero-order chi connectivity index (χ0) is 16.8. The highest BCUT2D eigenvalue weighted by Crippen LogP contribution is 2.39. The number of rotatable bonds is 3. The van der Waals surface area contributed by atoms with Crippen molar-refractivity contribution in [1.82, 2.24) is 4.31 Å². The second-order valence-electron chi connectivity index (χ2n) is 5.74. The van der Waals surface area contributed by atoms with E-state index in [1.165, 1.54) is 0 Å². The molecule has 1 aromatic rings. The molecular formula is C13H16ClF3N2O2S. The maximum atomic E-state index is 13.1. The van der Waals surface area contributed by atoms with E-state index in [0.29, 0.717) is 12.5 Å². The van der Waals surface area contributed by atoms with Gasteiger partial charge in [-0.15, -0.1) is 0 Å². The molecule has 0 aliphatic carbocycles. The third-order valence-corrected chi connectivity index (χ3v) is 6.02. The van der Waals surface area contributed by atoms with Gasteiger partial charge in [-0.25, -0.2) is 8.42 Å². The Morgan fingerprint density at radius 1 is 1.41 bits per heavy atom. The van der Waals surface area contributed by atoms with Gasteiger partial charge in [-0.1, -0.05) is 18.5 Å². The van der Waals surface area contributed by atoms with Gasteiger partial charge in [-0.2, -0.15) is 17.5 Å². The molecule has 1 saturated heterocycles. The molecule has 1 heterocycles. The molecule has 0 saturated carbocycles. The van der Waals surface area contributed by atoms with Crippen LogP contribution in [0.3, 0.4) is 0 Å². The first-order chi connectivity index (χ1) is 9.99. The third kappa shape index (κ3) is 3.24. The van der Waals surface area contributed by atoms with Crippen molar-refractivity contribution in [2.75, 3.05) is 19.6 Å². The molecule has 0 radical (unpaired) electrons. The molecule has 1 unspecified atom stereocenters. The average molecular weight is 357 g/mol. The predicted molar refractivity (Wildman–Crippen MR) is 77.0 cm³/mol. The lowest BCUT2D eigenvalue weighted by molar-refractivity contribution is -0.139. The fourth-order valence-corrected chi connectivity index (χ4v) is 4.39. The van der Waals surface area contributed by atoms with Gasteiger partial charge >= 0.3 is 6.18 Å². The Morgan fingerprint density at radius 2 is 2.05 bits per heavy atom. The van der Waals surface area contributed by atoms with Gasteiger partial charge in [0.1, 0.15) is 0 Å². The number of alkyl halides is 3. The van der Waals surface area contributed by atoms with Gasteiger partial charge in [0.05, 0.1) is 10.5 Å². The van der Waals surface area contributed by atoms with Gasteiger partial charge in [0, 0.05) is 18.1 Å². The van der Waals surface area contributed by atoms with Gasteiger partial charge in [0.15, 0.2) is 0 Å². The van der Waals surface area contributed by atoms with E-state index < -0.39 is 32.1 Å². The lowest BCUT2D eigenvalue weighted by atomic mass is 9.90. The van der Waals surface area contributed by atoms with Crippen LogP contribution in [0.4, 0.5) is 13.2 Å². The Kier molecular flexibility index (Phi) is 4.51. The molecule has 0 aromatic heterocycles. The molecule has 4 nitrogen and oxygen atoms in total.